The van der Waals surface area contributed by atoms with Gasteiger partial charge in [-0.2, -0.15) is 0 Å². The summed E-state index contributed by atoms with van der Waals surface area (Å²) in [5, 5.41) is 0.521. The lowest BCUT2D eigenvalue weighted by atomic mass is 10.0. The molecule has 0 saturated carbocycles. The molecule has 1 amide bonds. The number of rotatable bonds is 7. The molecule has 0 N–H and O–H groups in total. The van der Waals surface area contributed by atoms with Gasteiger partial charge in [-0.15, -0.1) is 0 Å². The molecule has 1 heterocycles. The molecular formula is C25H23FN2O2S. The highest BCUT2D eigenvalue weighted by Crippen LogP contribution is 2.30. The van der Waals surface area contributed by atoms with Crippen LogP contribution in [0.5, 0.6) is 5.75 Å². The Morgan fingerprint density at radius 1 is 1.06 bits per heavy atom. The first-order valence-electron chi connectivity index (χ1n) is 10.1. The fourth-order valence-electron chi connectivity index (χ4n) is 3.20. The molecule has 0 aliphatic heterocycles. The van der Waals surface area contributed by atoms with Gasteiger partial charge in [-0.05, 0) is 47.4 Å². The average Bonchev–Trinajstić information content (AvgIpc) is 3.19. The summed E-state index contributed by atoms with van der Waals surface area (Å²) in [5.74, 6) is 0.540. The number of aromatic nitrogens is 1. The average molecular weight is 435 g/mol. The maximum Gasteiger partial charge on any atom is 0.267 e. The maximum absolute atomic E-state index is 13.6. The zero-order chi connectivity index (χ0) is 21.8. The quantitative estimate of drug-likeness (QED) is 0.349. The van der Waals surface area contributed by atoms with Crippen molar-refractivity contribution >= 4 is 32.6 Å². The minimum Gasteiger partial charge on any atom is -0.484 e. The van der Waals surface area contributed by atoms with E-state index >= 15 is 0 Å². The molecule has 0 aliphatic rings. The number of ether oxygens (including phenoxy) is 1. The minimum absolute atomic E-state index is 0.113. The summed E-state index contributed by atoms with van der Waals surface area (Å²) in [6.45, 7) is 4.51. The smallest absolute Gasteiger partial charge is 0.267 e. The lowest BCUT2D eigenvalue weighted by molar-refractivity contribution is -0.120. The molecule has 3 aromatic carbocycles. The van der Waals surface area contributed by atoms with Gasteiger partial charge in [0.05, 0.1) is 16.8 Å². The molecule has 0 fully saturated rings. The fourth-order valence-corrected chi connectivity index (χ4v) is 4.21. The molecule has 158 valence electrons. The number of fused-ring (bicyclic) bond motifs is 1. The Morgan fingerprint density at radius 3 is 2.52 bits per heavy atom. The number of thiazole rings is 1. The highest BCUT2D eigenvalue weighted by atomic mass is 32.1. The first-order chi connectivity index (χ1) is 15.0. The topological polar surface area (TPSA) is 42.4 Å². The van der Waals surface area contributed by atoms with Crippen LogP contribution in [0.15, 0.2) is 72.8 Å². The number of anilines is 1. The monoisotopic (exact) mass is 434 g/mol. The van der Waals surface area contributed by atoms with Gasteiger partial charge in [-0.25, -0.2) is 9.37 Å². The fraction of sp³-hybridized carbons (Fsp3) is 0.200. The maximum atomic E-state index is 13.6. The van der Waals surface area contributed by atoms with Crippen molar-refractivity contribution < 1.29 is 13.9 Å². The summed E-state index contributed by atoms with van der Waals surface area (Å²) in [7, 11) is 0. The molecule has 0 saturated heterocycles. The Hall–Kier alpha value is -3.25. The van der Waals surface area contributed by atoms with Crippen molar-refractivity contribution in [1.82, 2.24) is 4.98 Å². The van der Waals surface area contributed by atoms with E-state index in [1.165, 1.54) is 29.0 Å². The van der Waals surface area contributed by atoms with Gasteiger partial charge in [0.25, 0.3) is 5.91 Å². The van der Waals surface area contributed by atoms with Crippen LogP contribution in [0.4, 0.5) is 9.52 Å². The van der Waals surface area contributed by atoms with E-state index in [2.05, 4.69) is 18.8 Å². The molecule has 4 nitrogen and oxygen atoms in total. The molecule has 0 unspecified atom stereocenters. The van der Waals surface area contributed by atoms with Crippen LogP contribution in [0, 0.1) is 5.82 Å². The van der Waals surface area contributed by atoms with E-state index in [9.17, 15) is 9.18 Å². The second-order valence-corrected chi connectivity index (χ2v) is 8.60. The zero-order valence-corrected chi connectivity index (χ0v) is 18.2. The molecule has 0 aliphatic carbocycles. The molecule has 0 radical (unpaired) electrons. The Labute approximate surface area is 184 Å². The third-order valence-electron chi connectivity index (χ3n) is 4.96. The van der Waals surface area contributed by atoms with Crippen molar-refractivity contribution in [3.8, 4) is 5.75 Å². The Kier molecular flexibility index (Phi) is 6.28. The summed E-state index contributed by atoms with van der Waals surface area (Å²) >= 11 is 1.29. The second kappa shape index (κ2) is 9.27. The normalized spacial score (nSPS) is 11.1. The van der Waals surface area contributed by atoms with Crippen LogP contribution in [-0.2, 0) is 11.3 Å². The molecule has 6 heteroatoms. The van der Waals surface area contributed by atoms with Gasteiger partial charge in [0.1, 0.15) is 11.6 Å². The van der Waals surface area contributed by atoms with Crippen molar-refractivity contribution in [2.75, 3.05) is 11.5 Å². The molecule has 4 rings (SSSR count). The van der Waals surface area contributed by atoms with E-state index in [1.807, 2.05) is 54.6 Å². The Morgan fingerprint density at radius 2 is 1.81 bits per heavy atom. The highest BCUT2D eigenvalue weighted by molar-refractivity contribution is 7.22. The number of amides is 1. The molecule has 4 aromatic rings. The molecule has 0 bridgehead atoms. The number of hydrogen-bond acceptors (Lipinski definition) is 4. The minimum atomic E-state index is -0.322. The van der Waals surface area contributed by atoms with Gasteiger partial charge >= 0.3 is 0 Å². The largest absolute Gasteiger partial charge is 0.484 e. The predicted octanol–water partition coefficient (Wildman–Crippen LogP) is 6.17. The number of carbonyl (C=O) groups is 1. The van der Waals surface area contributed by atoms with Crippen LogP contribution in [0.3, 0.4) is 0 Å². The van der Waals surface area contributed by atoms with Crippen molar-refractivity contribution in [3.05, 3.63) is 89.7 Å². The number of hydrogen-bond donors (Lipinski definition) is 0. The van der Waals surface area contributed by atoms with E-state index in [0.717, 1.165) is 5.56 Å². The van der Waals surface area contributed by atoms with Gasteiger partial charge in [0, 0.05) is 0 Å². The lowest BCUT2D eigenvalue weighted by Crippen LogP contribution is -2.34. The summed E-state index contributed by atoms with van der Waals surface area (Å²) in [4.78, 5) is 19.3. The number of nitrogens with zero attached hydrogens (tertiary/aromatic N) is 2. The summed E-state index contributed by atoms with van der Waals surface area (Å²) < 4.78 is 20.1. The van der Waals surface area contributed by atoms with Crippen LogP contribution in [-0.4, -0.2) is 17.5 Å². The Balaban J connectivity index is 1.56. The zero-order valence-electron chi connectivity index (χ0n) is 17.4. The van der Waals surface area contributed by atoms with Gasteiger partial charge < -0.3 is 4.74 Å². The van der Waals surface area contributed by atoms with Crippen LogP contribution in [0.25, 0.3) is 10.2 Å². The van der Waals surface area contributed by atoms with Crippen molar-refractivity contribution in [2.24, 2.45) is 0 Å². The number of benzene rings is 3. The van der Waals surface area contributed by atoms with Crippen LogP contribution in [0.1, 0.15) is 30.9 Å². The standard InChI is InChI=1S/C25H23FN2O2S/c1-17(2)19-8-11-21(12-9-19)30-16-24(29)28(15-18-6-4-3-5-7-18)25-27-22-13-10-20(26)14-23(22)31-25/h3-14,17H,15-16H2,1-2H3. The molecular weight excluding hydrogens is 411 g/mol. The SMILES string of the molecule is CC(C)c1ccc(OCC(=O)N(Cc2ccccc2)c2nc3ccc(F)cc3s2)cc1. The van der Waals surface area contributed by atoms with Gasteiger partial charge in [0.2, 0.25) is 0 Å². The summed E-state index contributed by atoms with van der Waals surface area (Å²) in [5.41, 5.74) is 2.85. The van der Waals surface area contributed by atoms with E-state index < -0.39 is 0 Å². The van der Waals surface area contributed by atoms with Gasteiger partial charge in [-0.1, -0.05) is 67.6 Å². The van der Waals surface area contributed by atoms with E-state index in [1.54, 1.807) is 11.0 Å². The lowest BCUT2D eigenvalue weighted by Gasteiger charge is -2.20. The molecule has 0 atom stereocenters. The van der Waals surface area contributed by atoms with Crippen LogP contribution in [0.2, 0.25) is 0 Å². The molecule has 31 heavy (non-hydrogen) atoms. The summed E-state index contributed by atoms with van der Waals surface area (Å²) in [6.07, 6.45) is 0. The van der Waals surface area contributed by atoms with E-state index in [-0.39, 0.29) is 18.3 Å². The van der Waals surface area contributed by atoms with E-state index in [4.69, 9.17) is 4.74 Å². The van der Waals surface area contributed by atoms with Crippen molar-refractivity contribution in [1.29, 1.82) is 0 Å². The second-order valence-electron chi connectivity index (χ2n) is 7.59. The van der Waals surface area contributed by atoms with Crippen LogP contribution >= 0.6 is 11.3 Å². The Bertz CT molecular complexity index is 1170. The molecule has 0 spiro atoms. The first-order valence-corrected chi connectivity index (χ1v) is 10.9. The molecule has 1 aromatic heterocycles. The highest BCUT2D eigenvalue weighted by Gasteiger charge is 2.21. The third-order valence-corrected chi connectivity index (χ3v) is 6.00. The number of carbonyl (C=O) groups excluding carboxylic acids is 1. The van der Waals surface area contributed by atoms with Crippen molar-refractivity contribution in [2.45, 2.75) is 26.3 Å². The van der Waals surface area contributed by atoms with Gasteiger partial charge in [0.15, 0.2) is 11.7 Å². The summed E-state index contributed by atoms with van der Waals surface area (Å²) in [6, 6.07) is 21.9. The first kappa shape index (κ1) is 21.0. The van der Waals surface area contributed by atoms with Crippen molar-refractivity contribution in [3.63, 3.8) is 0 Å². The van der Waals surface area contributed by atoms with E-state index in [0.29, 0.717) is 33.6 Å². The van der Waals surface area contributed by atoms with Gasteiger partial charge in [-0.3, -0.25) is 9.69 Å². The third kappa shape index (κ3) is 5.09. The predicted molar refractivity (Wildman–Crippen MR) is 123 cm³/mol. The number of halogens is 1. The van der Waals surface area contributed by atoms with Crippen LogP contribution < -0.4 is 9.64 Å².